The molecule has 1 aliphatic heterocycles. The van der Waals surface area contributed by atoms with E-state index in [9.17, 15) is 0 Å². The number of methoxy groups -OCH3 is 1. The minimum absolute atomic E-state index is 0.349. The van der Waals surface area contributed by atoms with Crippen molar-refractivity contribution < 1.29 is 4.74 Å². The molecule has 2 nitrogen and oxygen atoms in total. The van der Waals surface area contributed by atoms with E-state index in [4.69, 9.17) is 4.74 Å². The molecule has 2 atom stereocenters. The van der Waals surface area contributed by atoms with Gasteiger partial charge in [-0.3, -0.25) is 4.90 Å². The van der Waals surface area contributed by atoms with Crippen LogP contribution in [0.1, 0.15) is 33.6 Å². The number of fused-ring (bicyclic) bond motifs is 1. The Morgan fingerprint density at radius 1 is 1.43 bits per heavy atom. The van der Waals surface area contributed by atoms with Gasteiger partial charge < -0.3 is 4.74 Å². The fourth-order valence-corrected chi connectivity index (χ4v) is 2.86. The number of piperidine rings is 1. The van der Waals surface area contributed by atoms with Gasteiger partial charge in [-0.1, -0.05) is 0 Å². The third kappa shape index (κ3) is 1.70. The van der Waals surface area contributed by atoms with Gasteiger partial charge in [0.2, 0.25) is 0 Å². The summed E-state index contributed by atoms with van der Waals surface area (Å²) in [6.07, 6.45) is 2.73. The van der Waals surface area contributed by atoms with Crippen LogP contribution in [0, 0.1) is 11.3 Å². The summed E-state index contributed by atoms with van der Waals surface area (Å²) in [7, 11) is 1.83. The Morgan fingerprint density at radius 3 is 2.64 bits per heavy atom. The van der Waals surface area contributed by atoms with Crippen LogP contribution in [0.5, 0.6) is 0 Å². The van der Waals surface area contributed by atoms with E-state index in [-0.39, 0.29) is 0 Å². The molecule has 0 aromatic carbocycles. The van der Waals surface area contributed by atoms with Crippen molar-refractivity contribution in [3.8, 4) is 0 Å². The zero-order chi connectivity index (χ0) is 10.4. The molecule has 0 aromatic heterocycles. The lowest BCUT2D eigenvalue weighted by Crippen LogP contribution is -2.47. The van der Waals surface area contributed by atoms with Crippen LogP contribution in [0.2, 0.25) is 0 Å². The summed E-state index contributed by atoms with van der Waals surface area (Å²) in [6.45, 7) is 10.5. The Kier molecular flexibility index (Phi) is 2.39. The molecule has 2 aliphatic rings. The lowest BCUT2D eigenvalue weighted by atomic mass is 9.93. The second-order valence-corrected chi connectivity index (χ2v) is 6.06. The largest absolute Gasteiger partial charge is 0.384 e. The minimum Gasteiger partial charge on any atom is -0.384 e. The van der Waals surface area contributed by atoms with Gasteiger partial charge in [-0.2, -0.15) is 0 Å². The second kappa shape index (κ2) is 3.21. The van der Waals surface area contributed by atoms with Crippen molar-refractivity contribution in [2.45, 2.75) is 39.2 Å². The average Bonchev–Trinajstić information content (AvgIpc) is 2.75. The molecule has 0 N–H and O–H groups in total. The Labute approximate surface area is 87.6 Å². The van der Waals surface area contributed by atoms with Gasteiger partial charge in [-0.05, 0) is 51.5 Å². The van der Waals surface area contributed by atoms with Crippen molar-refractivity contribution in [3.05, 3.63) is 0 Å². The predicted molar refractivity (Wildman–Crippen MR) is 58.4 cm³/mol. The van der Waals surface area contributed by atoms with Crippen LogP contribution in [-0.2, 0) is 4.74 Å². The van der Waals surface area contributed by atoms with Crippen LogP contribution in [0.15, 0.2) is 0 Å². The van der Waals surface area contributed by atoms with Gasteiger partial charge in [-0.25, -0.2) is 0 Å². The Morgan fingerprint density at radius 2 is 2.14 bits per heavy atom. The van der Waals surface area contributed by atoms with Crippen molar-refractivity contribution in [3.63, 3.8) is 0 Å². The van der Waals surface area contributed by atoms with Crippen LogP contribution in [-0.4, -0.2) is 37.2 Å². The Balaban J connectivity index is 1.92. The predicted octanol–water partition coefficient (Wildman–Crippen LogP) is 2.14. The smallest absolute Gasteiger partial charge is 0.0522 e. The van der Waals surface area contributed by atoms with Gasteiger partial charge in [-0.15, -0.1) is 0 Å². The summed E-state index contributed by atoms with van der Waals surface area (Å²) in [5, 5.41) is 0. The summed E-state index contributed by atoms with van der Waals surface area (Å²) in [4.78, 5) is 2.62. The molecule has 0 radical (unpaired) electrons. The quantitative estimate of drug-likeness (QED) is 0.672. The number of nitrogens with zero attached hydrogens (tertiary/aromatic N) is 1. The summed E-state index contributed by atoms with van der Waals surface area (Å²) >= 11 is 0. The van der Waals surface area contributed by atoms with Gasteiger partial charge in [0.25, 0.3) is 0 Å². The monoisotopic (exact) mass is 197 g/mol. The molecule has 0 aromatic rings. The van der Waals surface area contributed by atoms with Gasteiger partial charge in [0.15, 0.2) is 0 Å². The van der Waals surface area contributed by atoms with Crippen molar-refractivity contribution in [2.24, 2.45) is 11.3 Å². The molecular formula is C12H23NO. The van der Waals surface area contributed by atoms with Crippen LogP contribution >= 0.6 is 0 Å². The fourth-order valence-electron chi connectivity index (χ4n) is 2.86. The second-order valence-electron chi connectivity index (χ2n) is 6.06. The number of hydrogen-bond acceptors (Lipinski definition) is 2. The van der Waals surface area contributed by atoms with E-state index < -0.39 is 0 Å². The first-order chi connectivity index (χ1) is 6.48. The fraction of sp³-hybridized carbons (Fsp3) is 1.00. The molecule has 0 bridgehead atoms. The van der Waals surface area contributed by atoms with Gasteiger partial charge in [0.1, 0.15) is 0 Å². The summed E-state index contributed by atoms with van der Waals surface area (Å²) < 4.78 is 5.33. The molecule has 0 spiro atoms. The normalized spacial score (nSPS) is 38.1. The number of rotatable bonds is 2. The molecule has 0 amide bonds. The Hall–Kier alpha value is -0.0800. The topological polar surface area (TPSA) is 12.5 Å². The highest BCUT2D eigenvalue weighted by Crippen LogP contribution is 2.58. The van der Waals surface area contributed by atoms with E-state index in [1.807, 2.05) is 7.11 Å². The molecule has 1 aliphatic carbocycles. The first-order valence-electron chi connectivity index (χ1n) is 5.72. The summed E-state index contributed by atoms with van der Waals surface area (Å²) in [5.41, 5.74) is 0.929. The lowest BCUT2D eigenvalue weighted by molar-refractivity contribution is 0.0489. The van der Waals surface area contributed by atoms with Gasteiger partial charge >= 0.3 is 0 Å². The molecule has 2 rings (SSSR count). The number of ether oxygens (including phenoxy) is 1. The molecule has 82 valence electrons. The number of likely N-dealkylation sites (tertiary alicyclic amines) is 1. The van der Waals surface area contributed by atoms with Crippen molar-refractivity contribution in [2.75, 3.05) is 26.8 Å². The Bertz CT molecular complexity index is 221. The zero-order valence-electron chi connectivity index (χ0n) is 9.97. The summed E-state index contributed by atoms with van der Waals surface area (Å²) in [6, 6.07) is 0. The molecule has 2 fully saturated rings. The molecule has 1 heterocycles. The van der Waals surface area contributed by atoms with Gasteiger partial charge in [0.05, 0.1) is 6.61 Å². The maximum atomic E-state index is 5.33. The third-order valence-corrected chi connectivity index (χ3v) is 4.06. The van der Waals surface area contributed by atoms with Crippen molar-refractivity contribution in [1.29, 1.82) is 0 Å². The van der Waals surface area contributed by atoms with Gasteiger partial charge in [0, 0.05) is 19.2 Å². The van der Waals surface area contributed by atoms with Crippen LogP contribution in [0.3, 0.4) is 0 Å². The molecule has 2 heteroatoms. The van der Waals surface area contributed by atoms with E-state index >= 15 is 0 Å². The first-order valence-corrected chi connectivity index (χ1v) is 5.72. The van der Waals surface area contributed by atoms with E-state index in [0.717, 1.165) is 12.5 Å². The highest BCUT2D eigenvalue weighted by atomic mass is 16.5. The van der Waals surface area contributed by atoms with Crippen LogP contribution in [0.25, 0.3) is 0 Å². The molecule has 1 saturated carbocycles. The molecular weight excluding hydrogens is 174 g/mol. The molecule has 14 heavy (non-hydrogen) atoms. The highest BCUT2D eigenvalue weighted by molar-refractivity contribution is 5.07. The zero-order valence-corrected chi connectivity index (χ0v) is 9.97. The summed E-state index contributed by atoms with van der Waals surface area (Å²) in [5.74, 6) is 0.912. The standard InChI is InChI=1S/C12H23NO/c1-11(2,3)13-6-5-12(9-14-4)7-10(12)8-13/h10H,5-9H2,1-4H3. The number of hydrogen-bond donors (Lipinski definition) is 0. The minimum atomic E-state index is 0.349. The average molecular weight is 197 g/mol. The van der Waals surface area contributed by atoms with E-state index in [1.165, 1.54) is 25.9 Å². The molecule has 2 unspecified atom stereocenters. The molecule has 1 saturated heterocycles. The van der Waals surface area contributed by atoms with Crippen molar-refractivity contribution in [1.82, 2.24) is 4.90 Å². The maximum absolute atomic E-state index is 5.33. The first kappa shape index (κ1) is 10.4. The van der Waals surface area contributed by atoms with Crippen LogP contribution < -0.4 is 0 Å². The lowest BCUT2D eigenvalue weighted by Gasteiger charge is -2.40. The highest BCUT2D eigenvalue weighted by Gasteiger charge is 2.57. The van der Waals surface area contributed by atoms with Crippen LogP contribution in [0.4, 0.5) is 0 Å². The maximum Gasteiger partial charge on any atom is 0.0522 e. The SMILES string of the molecule is COCC12CCN(C(C)(C)C)CC1C2. The van der Waals surface area contributed by atoms with E-state index in [2.05, 4.69) is 25.7 Å². The van der Waals surface area contributed by atoms with E-state index in [0.29, 0.717) is 11.0 Å². The van der Waals surface area contributed by atoms with E-state index in [1.54, 1.807) is 0 Å². The van der Waals surface area contributed by atoms with Crippen molar-refractivity contribution >= 4 is 0 Å². The third-order valence-electron chi connectivity index (χ3n) is 4.06.